The van der Waals surface area contributed by atoms with E-state index in [0.29, 0.717) is 28.4 Å². The monoisotopic (exact) mass is 484 g/mol. The summed E-state index contributed by atoms with van der Waals surface area (Å²) < 4.78 is 1.70. The van der Waals surface area contributed by atoms with Crippen molar-refractivity contribution in [2.45, 2.75) is 19.4 Å². The van der Waals surface area contributed by atoms with E-state index in [9.17, 15) is 9.59 Å². The summed E-state index contributed by atoms with van der Waals surface area (Å²) in [6.07, 6.45) is 3.84. The number of hydrogen-bond donors (Lipinski definition) is 1. The van der Waals surface area contributed by atoms with Crippen molar-refractivity contribution >= 4 is 23.4 Å². The van der Waals surface area contributed by atoms with E-state index < -0.39 is 0 Å². The van der Waals surface area contributed by atoms with Gasteiger partial charge in [-0.05, 0) is 54.8 Å². The van der Waals surface area contributed by atoms with Gasteiger partial charge >= 0.3 is 0 Å². The summed E-state index contributed by atoms with van der Waals surface area (Å²) in [5, 5.41) is 8.31. The molecule has 1 aliphatic heterocycles. The van der Waals surface area contributed by atoms with Crippen molar-refractivity contribution in [3.8, 4) is 16.9 Å². The first kappa shape index (κ1) is 22.9. The number of amides is 2. The van der Waals surface area contributed by atoms with Gasteiger partial charge in [0.15, 0.2) is 0 Å². The molecular formula is C28H25ClN4O2. The van der Waals surface area contributed by atoms with Gasteiger partial charge in [0.2, 0.25) is 0 Å². The Bertz CT molecular complexity index is 1340. The number of nitrogens with zero attached hydrogens (tertiary/aromatic N) is 3. The number of aromatic nitrogens is 2. The van der Waals surface area contributed by atoms with E-state index in [1.54, 1.807) is 23.0 Å². The third kappa shape index (κ3) is 5.12. The van der Waals surface area contributed by atoms with Crippen LogP contribution in [0, 0.1) is 0 Å². The van der Waals surface area contributed by atoms with Crippen molar-refractivity contribution in [3.63, 3.8) is 0 Å². The van der Waals surface area contributed by atoms with E-state index in [0.717, 1.165) is 42.7 Å². The van der Waals surface area contributed by atoms with E-state index in [2.05, 4.69) is 5.32 Å². The number of carbonyl (C=O) groups is 2. The van der Waals surface area contributed by atoms with Gasteiger partial charge in [-0.15, -0.1) is 0 Å². The molecule has 5 rings (SSSR count). The van der Waals surface area contributed by atoms with Crippen molar-refractivity contribution in [3.05, 3.63) is 107 Å². The molecule has 0 radical (unpaired) electrons. The molecular weight excluding hydrogens is 460 g/mol. The molecule has 0 unspecified atom stereocenters. The SMILES string of the molecule is O=C(NCc1cccc(C(=O)N2CCCC2)c1)c1cn(-c2ccccc2)nc1-c1ccc(Cl)cc1. The Morgan fingerprint density at radius 2 is 1.66 bits per heavy atom. The molecule has 4 aromatic rings. The Hall–Kier alpha value is -3.90. The first-order valence-electron chi connectivity index (χ1n) is 11.7. The van der Waals surface area contributed by atoms with Crippen LogP contribution < -0.4 is 5.32 Å². The Kier molecular flexibility index (Phi) is 6.64. The van der Waals surface area contributed by atoms with E-state index in [1.165, 1.54) is 0 Å². The summed E-state index contributed by atoms with van der Waals surface area (Å²) in [6.45, 7) is 1.91. The molecule has 2 heterocycles. The second-order valence-electron chi connectivity index (χ2n) is 8.56. The van der Waals surface area contributed by atoms with Crippen LogP contribution in [0.5, 0.6) is 0 Å². The second kappa shape index (κ2) is 10.2. The highest BCUT2D eigenvalue weighted by Crippen LogP contribution is 2.25. The highest BCUT2D eigenvalue weighted by atomic mass is 35.5. The van der Waals surface area contributed by atoms with Gasteiger partial charge in [0.25, 0.3) is 11.8 Å². The number of carbonyl (C=O) groups excluding carboxylic acids is 2. The number of benzene rings is 3. The first-order chi connectivity index (χ1) is 17.1. The van der Waals surface area contributed by atoms with Gasteiger partial charge in [0, 0.05) is 42.0 Å². The minimum Gasteiger partial charge on any atom is -0.348 e. The van der Waals surface area contributed by atoms with Gasteiger partial charge in [0.05, 0.1) is 11.3 Å². The van der Waals surface area contributed by atoms with E-state index in [4.69, 9.17) is 16.7 Å². The third-order valence-corrected chi connectivity index (χ3v) is 6.37. The lowest BCUT2D eigenvalue weighted by molar-refractivity contribution is 0.0792. The van der Waals surface area contributed by atoms with Gasteiger partial charge < -0.3 is 10.2 Å². The van der Waals surface area contributed by atoms with Gasteiger partial charge in [0.1, 0.15) is 5.69 Å². The lowest BCUT2D eigenvalue weighted by Crippen LogP contribution is -2.28. The topological polar surface area (TPSA) is 67.2 Å². The highest BCUT2D eigenvalue weighted by molar-refractivity contribution is 6.30. The maximum Gasteiger partial charge on any atom is 0.255 e. The molecule has 6 nitrogen and oxygen atoms in total. The zero-order valence-corrected chi connectivity index (χ0v) is 19.9. The van der Waals surface area contributed by atoms with Gasteiger partial charge in [-0.3, -0.25) is 9.59 Å². The fraction of sp³-hybridized carbons (Fsp3) is 0.179. The Labute approximate surface area is 209 Å². The van der Waals surface area contributed by atoms with E-state index in [1.807, 2.05) is 71.6 Å². The van der Waals surface area contributed by atoms with Crippen LogP contribution in [0.1, 0.15) is 39.1 Å². The number of hydrogen-bond acceptors (Lipinski definition) is 3. The maximum absolute atomic E-state index is 13.3. The average Bonchev–Trinajstić information content (AvgIpc) is 3.59. The molecule has 1 aromatic heterocycles. The number of rotatable bonds is 6. The normalized spacial score (nSPS) is 13.1. The zero-order chi connectivity index (χ0) is 24.2. The molecule has 0 bridgehead atoms. The fourth-order valence-electron chi connectivity index (χ4n) is 4.27. The molecule has 1 saturated heterocycles. The molecule has 1 N–H and O–H groups in total. The molecule has 2 amide bonds. The number of halogens is 1. The molecule has 176 valence electrons. The van der Waals surface area contributed by atoms with Crippen LogP contribution >= 0.6 is 11.6 Å². The van der Waals surface area contributed by atoms with Crippen molar-refractivity contribution < 1.29 is 9.59 Å². The van der Waals surface area contributed by atoms with E-state index in [-0.39, 0.29) is 11.8 Å². The summed E-state index contributed by atoms with van der Waals surface area (Å²) >= 11 is 6.06. The first-order valence-corrected chi connectivity index (χ1v) is 12.0. The van der Waals surface area contributed by atoms with Crippen molar-refractivity contribution in [2.75, 3.05) is 13.1 Å². The van der Waals surface area contributed by atoms with Crippen LogP contribution in [0.3, 0.4) is 0 Å². The standard InChI is InChI=1S/C28H25ClN4O2/c29-23-13-11-21(12-14-23)26-25(19-33(31-26)24-9-2-1-3-10-24)27(34)30-18-20-7-6-8-22(17-20)28(35)32-15-4-5-16-32/h1-3,6-14,17,19H,4-5,15-16,18H2,(H,30,34). The molecule has 0 spiro atoms. The molecule has 0 aliphatic carbocycles. The number of likely N-dealkylation sites (tertiary alicyclic amines) is 1. The quantitative estimate of drug-likeness (QED) is 0.400. The molecule has 1 aliphatic rings. The Morgan fingerprint density at radius 3 is 2.40 bits per heavy atom. The van der Waals surface area contributed by atoms with Gasteiger partial charge in [-0.2, -0.15) is 5.10 Å². The zero-order valence-electron chi connectivity index (χ0n) is 19.2. The van der Waals surface area contributed by atoms with Crippen LogP contribution in [0.25, 0.3) is 16.9 Å². The lowest BCUT2D eigenvalue weighted by Gasteiger charge is -2.15. The third-order valence-electron chi connectivity index (χ3n) is 6.12. The van der Waals surface area contributed by atoms with Crippen LogP contribution in [-0.2, 0) is 6.54 Å². The predicted molar refractivity (Wildman–Crippen MR) is 137 cm³/mol. The summed E-state index contributed by atoms with van der Waals surface area (Å²) in [7, 11) is 0. The number of para-hydroxylation sites is 1. The summed E-state index contributed by atoms with van der Waals surface area (Å²) in [6, 6.07) is 24.4. The Balaban J connectivity index is 1.38. The molecule has 3 aromatic carbocycles. The van der Waals surface area contributed by atoms with Gasteiger partial charge in [-0.1, -0.05) is 54.1 Å². The summed E-state index contributed by atoms with van der Waals surface area (Å²) in [5.41, 5.74) is 4.20. The van der Waals surface area contributed by atoms with Crippen LogP contribution in [0.2, 0.25) is 5.02 Å². The minimum atomic E-state index is -0.242. The molecule has 0 saturated carbocycles. The minimum absolute atomic E-state index is 0.0461. The average molecular weight is 485 g/mol. The molecule has 0 atom stereocenters. The predicted octanol–water partition coefficient (Wildman–Crippen LogP) is 5.36. The summed E-state index contributed by atoms with van der Waals surface area (Å²) in [4.78, 5) is 27.9. The molecule has 35 heavy (non-hydrogen) atoms. The van der Waals surface area contributed by atoms with Crippen LogP contribution in [0.4, 0.5) is 0 Å². The fourth-order valence-corrected chi connectivity index (χ4v) is 4.39. The summed E-state index contributed by atoms with van der Waals surface area (Å²) in [5.74, 6) is -0.196. The molecule has 7 heteroatoms. The molecule has 1 fully saturated rings. The van der Waals surface area contributed by atoms with Crippen LogP contribution in [-0.4, -0.2) is 39.6 Å². The largest absolute Gasteiger partial charge is 0.348 e. The maximum atomic E-state index is 13.3. The highest BCUT2D eigenvalue weighted by Gasteiger charge is 2.21. The second-order valence-corrected chi connectivity index (χ2v) is 9.00. The van der Waals surface area contributed by atoms with Crippen molar-refractivity contribution in [1.29, 1.82) is 0 Å². The van der Waals surface area contributed by atoms with Gasteiger partial charge in [-0.25, -0.2) is 4.68 Å². The van der Waals surface area contributed by atoms with E-state index >= 15 is 0 Å². The number of nitrogens with one attached hydrogen (secondary N) is 1. The van der Waals surface area contributed by atoms with Crippen LogP contribution in [0.15, 0.2) is 85.1 Å². The smallest absolute Gasteiger partial charge is 0.255 e. The Morgan fingerprint density at radius 1 is 0.914 bits per heavy atom. The van der Waals surface area contributed by atoms with Crippen molar-refractivity contribution in [1.82, 2.24) is 20.0 Å². The van der Waals surface area contributed by atoms with Crippen molar-refractivity contribution in [2.24, 2.45) is 0 Å². The lowest BCUT2D eigenvalue weighted by atomic mass is 10.1.